The van der Waals surface area contributed by atoms with Crippen molar-refractivity contribution in [3.8, 4) is 16.8 Å². The zero-order chi connectivity index (χ0) is 24.8. The Morgan fingerprint density at radius 3 is 2.54 bits per heavy atom. The number of hydrogen-bond donors (Lipinski definition) is 0. The molecule has 0 spiro atoms. The molecule has 1 aromatic heterocycles. The van der Waals surface area contributed by atoms with Crippen molar-refractivity contribution in [2.45, 2.75) is 27.1 Å². The third-order valence-corrected chi connectivity index (χ3v) is 5.30. The maximum atomic E-state index is 13.2. The predicted octanol–water partition coefficient (Wildman–Crippen LogP) is 3.03. The molecule has 2 aromatic carbocycles. The Labute approximate surface area is 220 Å². The van der Waals surface area contributed by atoms with Crippen LogP contribution < -0.4 is 15.4 Å². The molecule has 185 valence electrons. The maximum Gasteiger partial charge on any atom is 2.00 e. The molecule has 4 rings (SSSR count). The van der Waals surface area contributed by atoms with Crippen molar-refractivity contribution in [3.63, 3.8) is 0 Å². The van der Waals surface area contributed by atoms with E-state index in [0.717, 1.165) is 11.3 Å². The molecule has 35 heavy (non-hydrogen) atoms. The summed E-state index contributed by atoms with van der Waals surface area (Å²) in [6, 6.07) is 14.8. The number of hydrogen-bond acceptors (Lipinski definition) is 7. The van der Waals surface area contributed by atoms with Crippen molar-refractivity contribution < 1.29 is 31.6 Å². The molecule has 0 N–H and O–H groups in total. The first kappa shape index (κ1) is 27.9. The van der Waals surface area contributed by atoms with Gasteiger partial charge in [-0.25, -0.2) is 14.9 Å². The molecule has 3 aromatic rings. The number of nitrogens with zero attached hydrogens (tertiary/aromatic N) is 4. The fourth-order valence-electron chi connectivity index (χ4n) is 3.60. The molecular weight excluding hydrogens is 516 g/mol. The Kier molecular flexibility index (Phi) is 9.87. The van der Waals surface area contributed by atoms with Crippen LogP contribution in [0.15, 0.2) is 63.9 Å². The van der Waals surface area contributed by atoms with Crippen LogP contribution in [0.1, 0.15) is 23.7 Å². The fraction of sp³-hybridized carbons (Fsp3) is 0.240. The summed E-state index contributed by atoms with van der Waals surface area (Å²) in [7, 11) is 1.80. The number of benzene rings is 2. The summed E-state index contributed by atoms with van der Waals surface area (Å²) in [6.45, 7) is 5.92. The van der Waals surface area contributed by atoms with Crippen LogP contribution in [0.4, 0.5) is 5.69 Å². The number of thiocyanates is 1. The first-order valence-electron chi connectivity index (χ1n) is 10.5. The zero-order valence-electron chi connectivity index (χ0n) is 19.6. The molecule has 0 saturated heterocycles. The van der Waals surface area contributed by atoms with Crippen LogP contribution in [-0.2, 0) is 41.5 Å². The molecule has 1 aliphatic rings. The number of rotatable bonds is 5. The van der Waals surface area contributed by atoms with Gasteiger partial charge in [0.2, 0.25) is 6.29 Å². The Morgan fingerprint density at radius 1 is 1.26 bits per heavy atom. The quantitative estimate of drug-likeness (QED) is 0.214. The van der Waals surface area contributed by atoms with Gasteiger partial charge in [-0.15, -0.1) is 0 Å². The van der Waals surface area contributed by atoms with Crippen LogP contribution in [0.3, 0.4) is 0 Å². The molecule has 1 atom stereocenters. The Hall–Kier alpha value is -3.35. The summed E-state index contributed by atoms with van der Waals surface area (Å²) in [5, 5.41) is 21.6. The second-order valence-electron chi connectivity index (χ2n) is 7.45. The molecule has 0 fully saturated rings. The van der Waals surface area contributed by atoms with E-state index in [2.05, 4.69) is 17.6 Å². The van der Waals surface area contributed by atoms with Gasteiger partial charge in [0.1, 0.15) is 5.75 Å². The molecule has 8 nitrogen and oxygen atoms in total. The van der Waals surface area contributed by atoms with E-state index in [-0.39, 0.29) is 39.6 Å². The molecule has 10 heteroatoms. The minimum atomic E-state index is -0.878. The number of aromatic nitrogens is 2. The van der Waals surface area contributed by atoms with E-state index in [1.54, 1.807) is 28.5 Å². The third-order valence-electron chi connectivity index (χ3n) is 5.30. The van der Waals surface area contributed by atoms with Gasteiger partial charge in [0.15, 0.2) is 5.69 Å². The minimum absolute atomic E-state index is 0. The molecule has 1 aliphatic heterocycles. The fourth-order valence-corrected chi connectivity index (χ4v) is 3.60. The topological polar surface area (TPSA) is 105 Å². The smallest absolute Gasteiger partial charge is 0.872 e. The SMILES string of the molecule is CCOC1Oc2ccc(C)cc2C([O-])=C1C=Nc1c(C)n(C)n(-c2ccccc2)c1=O.N#C[S-].[Cu+2]. The van der Waals surface area contributed by atoms with Gasteiger partial charge in [-0.3, -0.25) is 9.48 Å². The van der Waals surface area contributed by atoms with E-state index >= 15 is 0 Å². The van der Waals surface area contributed by atoms with E-state index in [9.17, 15) is 9.90 Å². The summed E-state index contributed by atoms with van der Waals surface area (Å²) in [4.78, 5) is 17.5. The second kappa shape index (κ2) is 12.4. The molecule has 0 saturated carbocycles. The summed E-state index contributed by atoms with van der Waals surface area (Å²) in [5.41, 5.74) is 3.08. The molecular formula is C25H24CuN4O4S. The van der Waals surface area contributed by atoms with E-state index in [4.69, 9.17) is 14.7 Å². The van der Waals surface area contributed by atoms with Crippen LogP contribution in [-0.4, -0.2) is 28.5 Å². The zero-order valence-corrected chi connectivity index (χ0v) is 21.4. The van der Waals surface area contributed by atoms with Gasteiger partial charge in [-0.1, -0.05) is 41.0 Å². The average molecular weight is 540 g/mol. The first-order valence-corrected chi connectivity index (χ1v) is 10.9. The summed E-state index contributed by atoms with van der Waals surface area (Å²) >= 11 is 3.70. The van der Waals surface area contributed by atoms with Gasteiger partial charge >= 0.3 is 17.1 Å². The molecule has 2 heterocycles. The van der Waals surface area contributed by atoms with Crippen LogP contribution in [0.25, 0.3) is 11.4 Å². The van der Waals surface area contributed by atoms with E-state index < -0.39 is 6.29 Å². The van der Waals surface area contributed by atoms with Gasteiger partial charge in [0.05, 0.1) is 11.4 Å². The molecule has 1 unspecified atom stereocenters. The van der Waals surface area contributed by atoms with Crippen LogP contribution >= 0.6 is 0 Å². The van der Waals surface area contributed by atoms with Gasteiger partial charge in [-0.2, -0.15) is 0 Å². The third kappa shape index (κ3) is 5.84. The van der Waals surface area contributed by atoms with E-state index in [0.29, 0.717) is 23.6 Å². The standard InChI is InChI=1S/C24H25N3O4.CHNS.Cu/c1-5-30-24-19(22(28)18-13-15(2)11-12-20(18)31-24)14-25-21-16(3)26(4)27(23(21)29)17-9-7-6-8-10-17;2-1-3;/h6-14,24,28H,5H2,1-4H3;3H;/q;;+2/p-2. The van der Waals surface area contributed by atoms with Gasteiger partial charge in [0, 0.05) is 31.0 Å². The van der Waals surface area contributed by atoms with Crippen molar-refractivity contribution in [3.05, 3.63) is 81.3 Å². The Bertz CT molecular complexity index is 1340. The van der Waals surface area contributed by atoms with Crippen molar-refractivity contribution >= 4 is 30.3 Å². The van der Waals surface area contributed by atoms with Gasteiger partial charge in [0.25, 0.3) is 5.56 Å². The minimum Gasteiger partial charge on any atom is -0.872 e. The summed E-state index contributed by atoms with van der Waals surface area (Å²) in [6.07, 6.45) is 0.518. The molecule has 0 amide bonds. The van der Waals surface area contributed by atoms with Crippen molar-refractivity contribution in [2.75, 3.05) is 6.61 Å². The normalized spacial score (nSPS) is 14.3. The predicted molar refractivity (Wildman–Crippen MR) is 131 cm³/mol. The van der Waals surface area contributed by atoms with E-state index in [1.807, 2.05) is 57.2 Å². The number of fused-ring (bicyclic) bond motifs is 1. The summed E-state index contributed by atoms with van der Waals surface area (Å²) in [5.74, 6) is 0.262. The first-order chi connectivity index (χ1) is 16.3. The number of para-hydroxylation sites is 1. The monoisotopic (exact) mass is 539 g/mol. The van der Waals surface area contributed by atoms with Crippen molar-refractivity contribution in [2.24, 2.45) is 12.0 Å². The largest absolute Gasteiger partial charge is 2.00 e. The summed E-state index contributed by atoms with van der Waals surface area (Å²) < 4.78 is 14.8. The van der Waals surface area contributed by atoms with Crippen LogP contribution in [0, 0.1) is 24.5 Å². The maximum absolute atomic E-state index is 13.2. The Morgan fingerprint density at radius 2 is 1.91 bits per heavy atom. The number of aliphatic imine (C=N–C) groups is 1. The Balaban J connectivity index is 0.00000103. The second-order valence-corrected chi connectivity index (χ2v) is 7.63. The van der Waals surface area contributed by atoms with Gasteiger partial charge < -0.3 is 27.2 Å². The molecule has 1 radical (unpaired) electrons. The van der Waals surface area contributed by atoms with Crippen LogP contribution in [0.5, 0.6) is 5.75 Å². The average Bonchev–Trinajstić information content (AvgIpc) is 3.03. The van der Waals surface area contributed by atoms with Crippen molar-refractivity contribution in [1.82, 2.24) is 9.36 Å². The van der Waals surface area contributed by atoms with Crippen molar-refractivity contribution in [1.29, 1.82) is 5.26 Å². The number of nitriles is 1. The number of ether oxygens (including phenoxy) is 2. The van der Waals surface area contributed by atoms with Crippen LogP contribution in [0.2, 0.25) is 0 Å². The van der Waals surface area contributed by atoms with Gasteiger partial charge in [-0.05, 0) is 45.0 Å². The van der Waals surface area contributed by atoms with E-state index in [1.165, 1.54) is 11.6 Å². The molecule has 0 bridgehead atoms. The molecule has 0 aliphatic carbocycles. The number of aryl methyl sites for hydroxylation is 1.